The first-order valence-electron chi connectivity index (χ1n) is 8.01. The van der Waals surface area contributed by atoms with E-state index in [1.165, 1.54) is 29.5 Å². The Labute approximate surface area is 159 Å². The molecule has 0 atom stereocenters. The molecule has 0 saturated heterocycles. The van der Waals surface area contributed by atoms with Crippen molar-refractivity contribution in [2.24, 2.45) is 0 Å². The Balaban J connectivity index is 1.54. The average Bonchev–Trinajstić information content (AvgIpc) is 3.29. The number of nitrogens with one attached hydrogen (secondary N) is 1. The van der Waals surface area contributed by atoms with Gasteiger partial charge in [-0.3, -0.25) is 4.79 Å². The number of thiophene rings is 1. The summed E-state index contributed by atoms with van der Waals surface area (Å²) < 4.78 is 43.4. The number of carbonyl (C=O) groups is 1. The van der Waals surface area contributed by atoms with Gasteiger partial charge in [-0.25, -0.2) is 12.8 Å². The van der Waals surface area contributed by atoms with E-state index < -0.39 is 26.6 Å². The molecule has 0 spiro atoms. The summed E-state index contributed by atoms with van der Waals surface area (Å²) in [6.45, 7) is 0.235. The number of aromatic nitrogens is 2. The molecule has 0 aliphatic heterocycles. The Kier molecular flexibility index (Phi) is 5.97. The van der Waals surface area contributed by atoms with E-state index in [0.717, 1.165) is 4.88 Å². The van der Waals surface area contributed by atoms with Gasteiger partial charge in [0.2, 0.25) is 21.6 Å². The Bertz CT molecular complexity index is 1020. The number of hydrogen-bond acceptors (Lipinski definition) is 7. The first-order valence-corrected chi connectivity index (χ1v) is 10.5. The molecule has 27 heavy (non-hydrogen) atoms. The largest absolute Gasteiger partial charge is 0.412 e. The van der Waals surface area contributed by atoms with E-state index in [4.69, 9.17) is 4.42 Å². The topological polar surface area (TPSA) is 102 Å². The molecule has 2 heterocycles. The maximum absolute atomic E-state index is 13.6. The van der Waals surface area contributed by atoms with Gasteiger partial charge in [0, 0.05) is 23.4 Å². The Morgan fingerprint density at radius 3 is 2.74 bits per heavy atom. The van der Waals surface area contributed by atoms with Crippen LogP contribution in [0.5, 0.6) is 0 Å². The van der Waals surface area contributed by atoms with Gasteiger partial charge in [-0.2, -0.15) is 0 Å². The molecular weight excluding hydrogens is 393 g/mol. The summed E-state index contributed by atoms with van der Waals surface area (Å²) in [5.74, 6) is -1.25. The Morgan fingerprint density at radius 2 is 2.00 bits per heavy atom. The minimum atomic E-state index is -3.96. The predicted octanol–water partition coefficient (Wildman–Crippen LogP) is 2.15. The molecule has 0 aliphatic rings. The molecule has 1 amide bonds. The van der Waals surface area contributed by atoms with Crippen molar-refractivity contribution in [3.63, 3.8) is 0 Å². The maximum Gasteiger partial charge on any atom is 0.335 e. The van der Waals surface area contributed by atoms with Gasteiger partial charge < -0.3 is 9.73 Å². The molecule has 7 nitrogen and oxygen atoms in total. The monoisotopic (exact) mass is 409 g/mol. The van der Waals surface area contributed by atoms with E-state index in [9.17, 15) is 17.6 Å². The number of benzene rings is 1. The maximum atomic E-state index is 13.6. The summed E-state index contributed by atoms with van der Waals surface area (Å²) in [4.78, 5) is 12.7. The fourth-order valence-corrected chi connectivity index (χ4v) is 4.15. The van der Waals surface area contributed by atoms with Crippen LogP contribution in [-0.2, 0) is 33.2 Å². The molecule has 10 heteroatoms. The van der Waals surface area contributed by atoms with Gasteiger partial charge >= 0.3 is 5.22 Å². The van der Waals surface area contributed by atoms with E-state index in [1.807, 2.05) is 17.5 Å². The van der Waals surface area contributed by atoms with Gasteiger partial charge in [0.25, 0.3) is 0 Å². The third-order valence-corrected chi connectivity index (χ3v) is 5.86. The summed E-state index contributed by atoms with van der Waals surface area (Å²) in [6, 6.07) is 9.33. The van der Waals surface area contributed by atoms with Gasteiger partial charge in [-0.15, -0.1) is 16.4 Å². The first kappa shape index (κ1) is 19.2. The minimum Gasteiger partial charge on any atom is -0.412 e. The number of amides is 1. The van der Waals surface area contributed by atoms with Crippen molar-refractivity contribution in [3.05, 3.63) is 63.9 Å². The molecule has 3 aromatic rings. The lowest BCUT2D eigenvalue weighted by Gasteiger charge is -2.02. The van der Waals surface area contributed by atoms with Crippen LogP contribution in [0.4, 0.5) is 4.39 Å². The molecule has 3 rings (SSSR count). The van der Waals surface area contributed by atoms with Crippen molar-refractivity contribution in [1.29, 1.82) is 0 Å². The van der Waals surface area contributed by atoms with Crippen LogP contribution in [-0.4, -0.2) is 31.1 Å². The third kappa shape index (κ3) is 5.20. The van der Waals surface area contributed by atoms with E-state index in [1.54, 1.807) is 6.07 Å². The summed E-state index contributed by atoms with van der Waals surface area (Å²) in [7, 11) is -3.96. The SMILES string of the molecule is O=C(Cc1cccs1)NCCc1nnc(S(=O)(=O)Cc2ccccc2F)o1. The second-order valence-electron chi connectivity index (χ2n) is 5.67. The molecule has 0 saturated carbocycles. The lowest BCUT2D eigenvalue weighted by Crippen LogP contribution is -2.27. The van der Waals surface area contributed by atoms with Crippen LogP contribution in [0, 0.1) is 5.82 Å². The van der Waals surface area contributed by atoms with Crippen LogP contribution < -0.4 is 5.32 Å². The molecule has 142 valence electrons. The van der Waals surface area contributed by atoms with Crippen molar-refractivity contribution in [3.8, 4) is 0 Å². The molecule has 0 aliphatic carbocycles. The average molecular weight is 409 g/mol. The zero-order valence-corrected chi connectivity index (χ0v) is 15.7. The van der Waals surface area contributed by atoms with Gasteiger partial charge in [0.15, 0.2) is 0 Å². The fraction of sp³-hybridized carbons (Fsp3) is 0.235. The van der Waals surface area contributed by atoms with Crippen LogP contribution in [0.3, 0.4) is 0 Å². The molecule has 0 bridgehead atoms. The summed E-state index contributed by atoms with van der Waals surface area (Å²) in [6.07, 6.45) is 0.474. The van der Waals surface area contributed by atoms with Crippen molar-refractivity contribution in [2.75, 3.05) is 6.54 Å². The first-order chi connectivity index (χ1) is 12.9. The Hall–Kier alpha value is -2.59. The Morgan fingerprint density at radius 1 is 1.19 bits per heavy atom. The highest BCUT2D eigenvalue weighted by Gasteiger charge is 2.24. The summed E-state index contributed by atoms with van der Waals surface area (Å²) in [5, 5.41) is 11.2. The van der Waals surface area contributed by atoms with E-state index in [0.29, 0.717) is 0 Å². The van der Waals surface area contributed by atoms with Crippen LogP contribution in [0.1, 0.15) is 16.3 Å². The number of hydrogen-bond donors (Lipinski definition) is 1. The van der Waals surface area contributed by atoms with Gasteiger partial charge in [0.05, 0.1) is 12.2 Å². The summed E-state index contributed by atoms with van der Waals surface area (Å²) >= 11 is 1.49. The zero-order chi connectivity index (χ0) is 19.3. The molecule has 0 unspecified atom stereocenters. The van der Waals surface area contributed by atoms with Crippen LogP contribution in [0.15, 0.2) is 51.4 Å². The molecule has 2 aromatic heterocycles. The minimum absolute atomic E-state index is 0.0260. The molecular formula is C17H16FN3O4S2. The normalized spacial score (nSPS) is 11.4. The number of halogens is 1. The van der Waals surface area contributed by atoms with E-state index in [-0.39, 0.29) is 36.7 Å². The molecule has 0 radical (unpaired) electrons. The van der Waals surface area contributed by atoms with Crippen LogP contribution in [0.2, 0.25) is 0 Å². The third-order valence-electron chi connectivity index (χ3n) is 3.59. The highest BCUT2D eigenvalue weighted by atomic mass is 32.2. The second kappa shape index (κ2) is 8.40. The number of sulfone groups is 1. The van der Waals surface area contributed by atoms with E-state index in [2.05, 4.69) is 15.5 Å². The predicted molar refractivity (Wildman–Crippen MR) is 96.3 cm³/mol. The number of carbonyl (C=O) groups excluding carboxylic acids is 1. The molecule has 1 N–H and O–H groups in total. The van der Waals surface area contributed by atoms with Gasteiger partial charge in [-0.1, -0.05) is 29.4 Å². The lowest BCUT2D eigenvalue weighted by molar-refractivity contribution is -0.120. The van der Waals surface area contributed by atoms with Crippen molar-refractivity contribution in [1.82, 2.24) is 15.5 Å². The van der Waals surface area contributed by atoms with Crippen LogP contribution >= 0.6 is 11.3 Å². The molecule has 0 fully saturated rings. The number of rotatable bonds is 8. The highest BCUT2D eigenvalue weighted by molar-refractivity contribution is 7.90. The van der Waals surface area contributed by atoms with E-state index >= 15 is 0 Å². The zero-order valence-electron chi connectivity index (χ0n) is 14.1. The van der Waals surface area contributed by atoms with Gasteiger partial charge in [-0.05, 0) is 17.5 Å². The van der Waals surface area contributed by atoms with Crippen molar-refractivity contribution >= 4 is 27.1 Å². The van der Waals surface area contributed by atoms with Crippen molar-refractivity contribution < 1.29 is 22.0 Å². The van der Waals surface area contributed by atoms with Gasteiger partial charge in [0.1, 0.15) is 5.82 Å². The fourth-order valence-electron chi connectivity index (χ4n) is 2.29. The standard InChI is InChI=1S/C17H16FN3O4S2/c18-14-6-2-1-4-12(14)11-27(23,24)17-21-20-16(25-17)7-8-19-15(22)10-13-5-3-9-26-13/h1-6,9H,7-8,10-11H2,(H,19,22). The molecule has 1 aromatic carbocycles. The summed E-state index contributed by atoms with van der Waals surface area (Å²) in [5.41, 5.74) is 0.0260. The van der Waals surface area contributed by atoms with Crippen molar-refractivity contribution in [2.45, 2.75) is 23.8 Å². The van der Waals surface area contributed by atoms with Crippen LogP contribution in [0.25, 0.3) is 0 Å². The highest BCUT2D eigenvalue weighted by Crippen LogP contribution is 2.17. The second-order valence-corrected chi connectivity index (χ2v) is 8.57. The smallest absolute Gasteiger partial charge is 0.335 e. The quantitative estimate of drug-likeness (QED) is 0.612. The number of nitrogens with zero attached hydrogens (tertiary/aromatic N) is 2. The lowest BCUT2D eigenvalue weighted by atomic mass is 10.2.